The molecular weight excluding hydrogens is 265 g/mol. The van der Waals surface area contributed by atoms with Gasteiger partial charge in [-0.2, -0.15) is 0 Å². The lowest BCUT2D eigenvalue weighted by Gasteiger charge is -2.20. The molecule has 0 bridgehead atoms. The summed E-state index contributed by atoms with van der Waals surface area (Å²) in [6.07, 6.45) is 1.52. The van der Waals surface area contributed by atoms with Crippen LogP contribution in [0.25, 0.3) is 0 Å². The van der Waals surface area contributed by atoms with Gasteiger partial charge in [-0.05, 0) is 24.3 Å². The molecule has 0 saturated carbocycles. The highest BCUT2D eigenvalue weighted by Crippen LogP contribution is 2.29. The molecule has 104 valence electrons. The summed E-state index contributed by atoms with van der Waals surface area (Å²) in [5.41, 5.74) is 0.689. The molecule has 5 nitrogen and oxygen atoms in total. The molecule has 1 aliphatic rings. The van der Waals surface area contributed by atoms with Crippen LogP contribution in [0, 0.1) is 5.82 Å². The minimum Gasteiger partial charge on any atom is -0.467 e. The topological polar surface area (TPSA) is 60.7 Å². The second-order valence-corrected chi connectivity index (χ2v) is 4.31. The van der Waals surface area contributed by atoms with Crippen molar-refractivity contribution in [2.24, 2.45) is 0 Å². The van der Waals surface area contributed by atoms with Gasteiger partial charge in [0.1, 0.15) is 17.3 Å². The van der Waals surface area contributed by atoms with E-state index in [1.54, 1.807) is 12.1 Å². The minimum absolute atomic E-state index is 0.0527. The molecule has 0 atom stereocenters. The lowest BCUT2D eigenvalue weighted by molar-refractivity contribution is -0.0170. The first kappa shape index (κ1) is 12.7. The third-order valence-corrected chi connectivity index (χ3v) is 2.92. The largest absolute Gasteiger partial charge is 0.467 e. The van der Waals surface area contributed by atoms with E-state index in [4.69, 9.17) is 13.9 Å². The highest BCUT2D eigenvalue weighted by molar-refractivity contribution is 5.97. The molecule has 2 heterocycles. The van der Waals surface area contributed by atoms with Gasteiger partial charge in [-0.15, -0.1) is 0 Å². The molecule has 0 fully saturated rings. The molecular formula is C14H12FNO4. The van der Waals surface area contributed by atoms with E-state index in [0.29, 0.717) is 17.1 Å². The molecule has 1 aromatic carbocycles. The van der Waals surface area contributed by atoms with Crippen molar-refractivity contribution < 1.29 is 23.1 Å². The van der Waals surface area contributed by atoms with Crippen LogP contribution in [0.2, 0.25) is 0 Å². The highest BCUT2D eigenvalue weighted by atomic mass is 19.1. The van der Waals surface area contributed by atoms with Gasteiger partial charge in [0.2, 0.25) is 0 Å². The number of nitrogens with one attached hydrogen (secondary N) is 1. The van der Waals surface area contributed by atoms with Crippen LogP contribution in [-0.2, 0) is 17.9 Å². The first-order valence-corrected chi connectivity index (χ1v) is 6.07. The zero-order valence-electron chi connectivity index (χ0n) is 10.5. The van der Waals surface area contributed by atoms with Gasteiger partial charge in [0.15, 0.2) is 6.79 Å². The van der Waals surface area contributed by atoms with Gasteiger partial charge in [-0.1, -0.05) is 0 Å². The smallest absolute Gasteiger partial charge is 0.255 e. The van der Waals surface area contributed by atoms with Crippen LogP contribution in [0.5, 0.6) is 5.75 Å². The third kappa shape index (κ3) is 2.50. The predicted octanol–water partition coefficient (Wildman–Crippen LogP) is 2.22. The van der Waals surface area contributed by atoms with Crippen molar-refractivity contribution >= 4 is 5.91 Å². The minimum atomic E-state index is -0.499. The van der Waals surface area contributed by atoms with E-state index in [9.17, 15) is 9.18 Å². The Morgan fingerprint density at radius 2 is 2.30 bits per heavy atom. The molecule has 1 aliphatic heterocycles. The first-order chi connectivity index (χ1) is 9.74. The Bertz CT molecular complexity index is 624. The van der Waals surface area contributed by atoms with E-state index in [1.807, 2.05) is 0 Å². The lowest BCUT2D eigenvalue weighted by Crippen LogP contribution is -2.25. The van der Waals surface area contributed by atoms with E-state index < -0.39 is 11.7 Å². The third-order valence-electron chi connectivity index (χ3n) is 2.92. The Hall–Kier alpha value is -2.34. The fourth-order valence-corrected chi connectivity index (χ4v) is 2.02. The number of furan rings is 1. The summed E-state index contributed by atoms with van der Waals surface area (Å²) in [7, 11) is 0. The van der Waals surface area contributed by atoms with Crippen LogP contribution >= 0.6 is 0 Å². The normalized spacial score (nSPS) is 13.4. The maximum atomic E-state index is 13.5. The van der Waals surface area contributed by atoms with E-state index in [2.05, 4.69) is 5.32 Å². The Labute approximate surface area is 114 Å². The predicted molar refractivity (Wildman–Crippen MR) is 66.6 cm³/mol. The standard InChI is InChI=1S/C14H12FNO4/c15-10-4-9-7-18-8-20-13(9)12(5-10)14(17)16-6-11-2-1-3-19-11/h1-5H,6-8H2,(H,16,17). The van der Waals surface area contributed by atoms with Gasteiger partial charge in [0.25, 0.3) is 5.91 Å². The monoisotopic (exact) mass is 277 g/mol. The Morgan fingerprint density at radius 1 is 1.40 bits per heavy atom. The number of hydrogen-bond acceptors (Lipinski definition) is 4. The molecule has 20 heavy (non-hydrogen) atoms. The van der Waals surface area contributed by atoms with Gasteiger partial charge in [0, 0.05) is 5.56 Å². The van der Waals surface area contributed by atoms with Crippen molar-refractivity contribution in [3.05, 3.63) is 53.2 Å². The zero-order valence-corrected chi connectivity index (χ0v) is 10.5. The van der Waals surface area contributed by atoms with Crippen LogP contribution in [-0.4, -0.2) is 12.7 Å². The lowest BCUT2D eigenvalue weighted by atomic mass is 10.1. The van der Waals surface area contributed by atoms with Crippen LogP contribution < -0.4 is 10.1 Å². The summed E-state index contributed by atoms with van der Waals surface area (Å²) in [4.78, 5) is 12.1. The zero-order chi connectivity index (χ0) is 13.9. The summed E-state index contributed by atoms with van der Waals surface area (Å²) in [6.45, 7) is 0.510. The van der Waals surface area contributed by atoms with Crippen LogP contribution in [0.15, 0.2) is 34.9 Å². The Morgan fingerprint density at radius 3 is 3.10 bits per heavy atom. The molecule has 1 N–H and O–H groups in total. The molecule has 0 radical (unpaired) electrons. The van der Waals surface area contributed by atoms with E-state index in [-0.39, 0.29) is 25.5 Å². The maximum absolute atomic E-state index is 13.5. The van der Waals surface area contributed by atoms with Gasteiger partial charge >= 0.3 is 0 Å². The van der Waals surface area contributed by atoms with Crippen LogP contribution in [0.4, 0.5) is 4.39 Å². The molecule has 3 rings (SSSR count). The molecule has 1 aromatic heterocycles. The second kappa shape index (κ2) is 5.34. The van der Waals surface area contributed by atoms with Gasteiger partial charge in [0.05, 0.1) is 25.0 Å². The average molecular weight is 277 g/mol. The number of benzene rings is 1. The highest BCUT2D eigenvalue weighted by Gasteiger charge is 2.21. The average Bonchev–Trinajstić information content (AvgIpc) is 2.97. The number of ether oxygens (including phenoxy) is 2. The summed E-state index contributed by atoms with van der Waals surface area (Å²) in [6, 6.07) is 5.93. The summed E-state index contributed by atoms with van der Waals surface area (Å²) in [5, 5.41) is 2.66. The van der Waals surface area contributed by atoms with Gasteiger partial charge < -0.3 is 19.2 Å². The molecule has 0 unspecified atom stereocenters. The number of rotatable bonds is 3. The number of fused-ring (bicyclic) bond motifs is 1. The maximum Gasteiger partial charge on any atom is 0.255 e. The van der Waals surface area contributed by atoms with Crippen LogP contribution in [0.3, 0.4) is 0 Å². The van der Waals surface area contributed by atoms with Crippen LogP contribution in [0.1, 0.15) is 21.7 Å². The second-order valence-electron chi connectivity index (χ2n) is 4.31. The van der Waals surface area contributed by atoms with Crippen molar-refractivity contribution in [1.29, 1.82) is 0 Å². The molecule has 0 aliphatic carbocycles. The van der Waals surface area contributed by atoms with Crippen molar-refractivity contribution in [3.8, 4) is 5.75 Å². The van der Waals surface area contributed by atoms with E-state index in [0.717, 1.165) is 6.07 Å². The number of carbonyl (C=O) groups is 1. The van der Waals surface area contributed by atoms with E-state index in [1.165, 1.54) is 12.3 Å². The van der Waals surface area contributed by atoms with Crippen molar-refractivity contribution in [2.75, 3.05) is 6.79 Å². The molecule has 1 amide bonds. The molecule has 6 heteroatoms. The van der Waals surface area contributed by atoms with Gasteiger partial charge in [-0.25, -0.2) is 4.39 Å². The fraction of sp³-hybridized carbons (Fsp3) is 0.214. The van der Waals surface area contributed by atoms with Crippen molar-refractivity contribution in [3.63, 3.8) is 0 Å². The number of amides is 1. The van der Waals surface area contributed by atoms with Crippen molar-refractivity contribution in [2.45, 2.75) is 13.2 Å². The Kier molecular flexibility index (Phi) is 3.39. The summed E-state index contributed by atoms with van der Waals surface area (Å²) >= 11 is 0. The fourth-order valence-electron chi connectivity index (χ4n) is 2.02. The summed E-state index contributed by atoms with van der Waals surface area (Å²) in [5.74, 6) is 0.0718. The molecule has 0 spiro atoms. The van der Waals surface area contributed by atoms with Gasteiger partial charge in [-0.3, -0.25) is 4.79 Å². The van der Waals surface area contributed by atoms with Crippen molar-refractivity contribution in [1.82, 2.24) is 5.32 Å². The SMILES string of the molecule is O=C(NCc1ccco1)c1cc(F)cc2c1OCOC2. The quantitative estimate of drug-likeness (QED) is 0.934. The first-order valence-electron chi connectivity index (χ1n) is 6.07. The molecule has 2 aromatic rings. The number of halogens is 1. The molecule has 0 saturated heterocycles. The van der Waals surface area contributed by atoms with E-state index >= 15 is 0 Å². The number of hydrogen-bond donors (Lipinski definition) is 1. The number of carbonyl (C=O) groups excluding carboxylic acids is 1. The Balaban J connectivity index is 1.81. The summed E-state index contributed by atoms with van der Waals surface area (Å²) < 4.78 is 29.0.